The fourth-order valence-corrected chi connectivity index (χ4v) is 2.01. The van der Waals surface area contributed by atoms with Crippen LogP contribution in [0.3, 0.4) is 0 Å². The first-order chi connectivity index (χ1) is 7.55. The van der Waals surface area contributed by atoms with Gasteiger partial charge in [-0.2, -0.15) is 18.3 Å². The number of aromatic nitrogens is 2. The van der Waals surface area contributed by atoms with Gasteiger partial charge in [0.2, 0.25) is 0 Å². The summed E-state index contributed by atoms with van der Waals surface area (Å²) in [6, 6.07) is 1.11. The third-order valence-electron chi connectivity index (χ3n) is 2.89. The molecule has 16 heavy (non-hydrogen) atoms. The van der Waals surface area contributed by atoms with Crippen molar-refractivity contribution in [3.05, 3.63) is 17.5 Å². The molecule has 0 bridgehead atoms. The molecule has 1 saturated heterocycles. The lowest BCUT2D eigenvalue weighted by molar-refractivity contribution is -0.141. The Kier molecular flexibility index (Phi) is 3.18. The molecule has 0 saturated carbocycles. The molecule has 0 spiro atoms. The van der Waals surface area contributed by atoms with Crippen molar-refractivity contribution in [3.8, 4) is 0 Å². The zero-order chi connectivity index (χ0) is 11.6. The molecule has 0 amide bonds. The summed E-state index contributed by atoms with van der Waals surface area (Å²) in [5.41, 5.74) is -0.240. The smallest absolute Gasteiger partial charge is 0.317 e. The average molecular weight is 233 g/mol. The van der Waals surface area contributed by atoms with E-state index in [1.165, 1.54) is 0 Å². The van der Waals surface area contributed by atoms with Crippen LogP contribution >= 0.6 is 0 Å². The van der Waals surface area contributed by atoms with Crippen LogP contribution in [0.1, 0.15) is 24.2 Å². The third kappa shape index (κ3) is 2.75. The van der Waals surface area contributed by atoms with Crippen molar-refractivity contribution in [2.45, 2.75) is 25.4 Å². The van der Waals surface area contributed by atoms with E-state index in [-0.39, 0.29) is 0 Å². The Balaban J connectivity index is 1.97. The van der Waals surface area contributed by atoms with Gasteiger partial charge in [-0.05, 0) is 44.3 Å². The van der Waals surface area contributed by atoms with Crippen LogP contribution in [0.4, 0.5) is 13.2 Å². The normalized spacial score (nSPS) is 18.9. The molecule has 3 nitrogen and oxygen atoms in total. The molecule has 1 fully saturated rings. The second kappa shape index (κ2) is 4.45. The maximum absolute atomic E-state index is 12.3. The Morgan fingerprint density at radius 2 is 2.00 bits per heavy atom. The number of aromatic amines is 1. The molecule has 2 heterocycles. The minimum absolute atomic E-state index is 0.461. The van der Waals surface area contributed by atoms with Crippen LogP contribution in [-0.4, -0.2) is 23.3 Å². The number of hydrogen-bond donors (Lipinski definition) is 2. The van der Waals surface area contributed by atoms with Crippen molar-refractivity contribution in [2.75, 3.05) is 13.1 Å². The number of hydrogen-bond acceptors (Lipinski definition) is 2. The van der Waals surface area contributed by atoms with Gasteiger partial charge < -0.3 is 5.32 Å². The summed E-state index contributed by atoms with van der Waals surface area (Å²) in [6.07, 6.45) is -1.66. The number of rotatable bonds is 2. The topological polar surface area (TPSA) is 40.7 Å². The van der Waals surface area contributed by atoms with Gasteiger partial charge in [0.1, 0.15) is 0 Å². The Hall–Kier alpha value is -1.04. The Bertz CT molecular complexity index is 339. The lowest BCUT2D eigenvalue weighted by Crippen LogP contribution is -2.28. The van der Waals surface area contributed by atoms with Crippen LogP contribution in [0.25, 0.3) is 0 Å². The number of H-pyrrole nitrogens is 1. The standard InChI is InChI=1S/C10H14F3N3/c11-10(12,13)9-6-8(15-16-9)5-7-1-3-14-4-2-7/h6-7,14H,1-5H2,(H,15,16). The number of piperidine rings is 1. The SMILES string of the molecule is FC(F)(F)c1cc(CC2CCNCC2)[nH]n1. The van der Waals surface area contributed by atoms with Gasteiger partial charge in [-0.3, -0.25) is 5.10 Å². The molecule has 0 aromatic carbocycles. The molecule has 1 aliphatic rings. The first-order valence-electron chi connectivity index (χ1n) is 5.38. The van der Waals surface area contributed by atoms with E-state index in [1.54, 1.807) is 0 Å². The highest BCUT2D eigenvalue weighted by Crippen LogP contribution is 2.28. The summed E-state index contributed by atoms with van der Waals surface area (Å²) < 4.78 is 36.9. The highest BCUT2D eigenvalue weighted by atomic mass is 19.4. The minimum atomic E-state index is -4.34. The van der Waals surface area contributed by atoms with Gasteiger partial charge in [0.05, 0.1) is 0 Å². The molecule has 90 valence electrons. The van der Waals surface area contributed by atoms with Gasteiger partial charge in [-0.25, -0.2) is 0 Å². The predicted molar refractivity (Wildman–Crippen MR) is 52.9 cm³/mol. The van der Waals surface area contributed by atoms with Crippen LogP contribution in [0.15, 0.2) is 6.07 Å². The average Bonchev–Trinajstić information content (AvgIpc) is 2.67. The highest BCUT2D eigenvalue weighted by molar-refractivity contribution is 5.12. The Morgan fingerprint density at radius 3 is 2.56 bits per heavy atom. The van der Waals surface area contributed by atoms with Crippen molar-refractivity contribution in [1.82, 2.24) is 15.5 Å². The Morgan fingerprint density at radius 1 is 1.31 bits per heavy atom. The molecule has 0 unspecified atom stereocenters. The van der Waals surface area contributed by atoms with Gasteiger partial charge >= 0.3 is 6.18 Å². The third-order valence-corrected chi connectivity index (χ3v) is 2.89. The molecular weight excluding hydrogens is 219 g/mol. The predicted octanol–water partition coefficient (Wildman–Crippen LogP) is 1.97. The van der Waals surface area contributed by atoms with E-state index < -0.39 is 11.9 Å². The monoisotopic (exact) mass is 233 g/mol. The number of nitrogens with zero attached hydrogens (tertiary/aromatic N) is 1. The number of halogens is 3. The summed E-state index contributed by atoms with van der Waals surface area (Å²) in [5, 5.41) is 8.98. The van der Waals surface area contributed by atoms with E-state index in [1.807, 2.05) is 0 Å². The molecule has 0 radical (unpaired) electrons. The van der Waals surface area contributed by atoms with Crippen LogP contribution in [0, 0.1) is 5.92 Å². The maximum Gasteiger partial charge on any atom is 0.435 e. The van der Waals surface area contributed by atoms with Crippen LogP contribution in [0.2, 0.25) is 0 Å². The van der Waals surface area contributed by atoms with E-state index in [4.69, 9.17) is 0 Å². The first kappa shape index (κ1) is 11.4. The van der Waals surface area contributed by atoms with E-state index >= 15 is 0 Å². The molecule has 1 aliphatic heterocycles. The van der Waals surface area contributed by atoms with E-state index in [2.05, 4.69) is 15.5 Å². The van der Waals surface area contributed by atoms with Crippen molar-refractivity contribution in [3.63, 3.8) is 0 Å². The number of alkyl halides is 3. The van der Waals surface area contributed by atoms with Gasteiger partial charge in [-0.1, -0.05) is 0 Å². The highest BCUT2D eigenvalue weighted by Gasteiger charge is 2.33. The van der Waals surface area contributed by atoms with Crippen molar-refractivity contribution >= 4 is 0 Å². The molecule has 1 aromatic heterocycles. The zero-order valence-electron chi connectivity index (χ0n) is 8.77. The van der Waals surface area contributed by atoms with Crippen LogP contribution in [-0.2, 0) is 12.6 Å². The van der Waals surface area contributed by atoms with E-state index in [9.17, 15) is 13.2 Å². The fraction of sp³-hybridized carbons (Fsp3) is 0.700. The van der Waals surface area contributed by atoms with Gasteiger partial charge in [-0.15, -0.1) is 0 Å². The summed E-state index contributed by atoms with van der Waals surface area (Å²) >= 11 is 0. The molecule has 6 heteroatoms. The first-order valence-corrected chi connectivity index (χ1v) is 5.38. The number of nitrogens with one attached hydrogen (secondary N) is 2. The van der Waals surface area contributed by atoms with Gasteiger partial charge in [0.25, 0.3) is 0 Å². The second-order valence-electron chi connectivity index (χ2n) is 4.17. The van der Waals surface area contributed by atoms with Gasteiger partial charge in [0, 0.05) is 5.69 Å². The van der Waals surface area contributed by atoms with Crippen molar-refractivity contribution in [2.24, 2.45) is 5.92 Å². The molecule has 1 aromatic rings. The summed E-state index contributed by atoms with van der Waals surface area (Å²) in [6.45, 7) is 1.90. The van der Waals surface area contributed by atoms with Crippen molar-refractivity contribution in [1.29, 1.82) is 0 Å². The lowest BCUT2D eigenvalue weighted by Gasteiger charge is -2.21. The van der Waals surface area contributed by atoms with Crippen LogP contribution in [0.5, 0.6) is 0 Å². The Labute approximate surface area is 91.4 Å². The fourth-order valence-electron chi connectivity index (χ4n) is 2.01. The minimum Gasteiger partial charge on any atom is -0.317 e. The van der Waals surface area contributed by atoms with E-state index in [0.717, 1.165) is 32.0 Å². The van der Waals surface area contributed by atoms with Crippen LogP contribution < -0.4 is 5.32 Å². The van der Waals surface area contributed by atoms with Crippen molar-refractivity contribution < 1.29 is 13.2 Å². The molecule has 2 rings (SSSR count). The lowest BCUT2D eigenvalue weighted by atomic mass is 9.93. The van der Waals surface area contributed by atoms with Gasteiger partial charge in [0.15, 0.2) is 5.69 Å². The molecule has 0 atom stereocenters. The quantitative estimate of drug-likeness (QED) is 0.820. The van der Waals surface area contributed by atoms with E-state index in [0.29, 0.717) is 18.0 Å². The largest absolute Gasteiger partial charge is 0.435 e. The molecule has 2 N–H and O–H groups in total. The zero-order valence-corrected chi connectivity index (χ0v) is 8.77. The summed E-state index contributed by atoms with van der Waals surface area (Å²) in [4.78, 5) is 0. The molecule has 0 aliphatic carbocycles. The summed E-state index contributed by atoms with van der Waals surface area (Å²) in [5.74, 6) is 0.461. The molecular formula is C10H14F3N3. The maximum atomic E-state index is 12.3. The summed E-state index contributed by atoms with van der Waals surface area (Å²) in [7, 11) is 0. The second-order valence-corrected chi connectivity index (χ2v) is 4.17.